The maximum atomic E-state index is 13.5. The van der Waals surface area contributed by atoms with Crippen LogP contribution in [0.15, 0.2) is 0 Å². The topological polar surface area (TPSA) is 60.4 Å². The van der Waals surface area contributed by atoms with Crippen molar-refractivity contribution in [2.24, 2.45) is 28.6 Å². The molecule has 0 spiro atoms. The van der Waals surface area contributed by atoms with Crippen molar-refractivity contribution in [2.75, 3.05) is 0 Å². The Morgan fingerprint density at radius 2 is 0.935 bits per heavy atom. The monoisotopic (exact) mass is 436 g/mol. The maximum absolute atomic E-state index is 13.5. The quantitative estimate of drug-likeness (QED) is 0.311. The Morgan fingerprint density at radius 1 is 0.613 bits per heavy atom. The van der Waals surface area contributed by atoms with Crippen molar-refractivity contribution in [2.45, 2.75) is 126 Å². The van der Waals surface area contributed by atoms with Crippen LogP contribution in [0.25, 0.3) is 0 Å². The first-order valence-electron chi connectivity index (χ1n) is 12.7. The lowest BCUT2D eigenvalue weighted by Crippen LogP contribution is -2.44. The second kappa shape index (κ2) is 11.1. The number of carbonyl (C=O) groups excluding carboxylic acids is 3. The molecule has 1 saturated carbocycles. The van der Waals surface area contributed by atoms with Gasteiger partial charge in [0.05, 0.1) is 5.92 Å². The van der Waals surface area contributed by atoms with E-state index in [0.717, 1.165) is 38.5 Å². The van der Waals surface area contributed by atoms with Crippen LogP contribution < -0.4 is 0 Å². The summed E-state index contributed by atoms with van der Waals surface area (Å²) in [5, 5.41) is 0. The van der Waals surface area contributed by atoms with Gasteiger partial charge in [0.2, 0.25) is 0 Å². The smallest absolute Gasteiger partial charge is 0.309 e. The molecule has 0 aliphatic heterocycles. The second-order valence-corrected chi connectivity index (χ2v) is 10.6. The highest BCUT2D eigenvalue weighted by molar-refractivity contribution is 5.91. The summed E-state index contributed by atoms with van der Waals surface area (Å²) >= 11 is 0. The number of ketones is 2. The molecule has 31 heavy (non-hydrogen) atoms. The zero-order chi connectivity index (χ0) is 24.0. The number of rotatable bonds is 12. The average Bonchev–Trinajstić information content (AvgIpc) is 2.81. The summed E-state index contributed by atoms with van der Waals surface area (Å²) in [6.07, 6.45) is 6.20. The molecule has 4 nitrogen and oxygen atoms in total. The van der Waals surface area contributed by atoms with Crippen molar-refractivity contribution in [3.8, 4) is 0 Å². The van der Waals surface area contributed by atoms with E-state index < -0.39 is 16.4 Å². The first-order chi connectivity index (χ1) is 14.4. The number of Topliss-reactive ketones (excluding diaryl/α,β-unsaturated/α-hetero) is 2. The highest BCUT2D eigenvalue weighted by Gasteiger charge is 2.46. The van der Waals surface area contributed by atoms with Crippen LogP contribution in [0.4, 0.5) is 0 Å². The van der Waals surface area contributed by atoms with Crippen molar-refractivity contribution in [1.82, 2.24) is 0 Å². The number of hydrogen-bond donors (Lipinski definition) is 0. The lowest BCUT2D eigenvalue weighted by Gasteiger charge is -2.40. The molecule has 0 N–H and O–H groups in total. The summed E-state index contributed by atoms with van der Waals surface area (Å²) in [6, 6.07) is 0. The molecule has 0 aromatic heterocycles. The largest absolute Gasteiger partial charge is 0.459 e. The van der Waals surface area contributed by atoms with Crippen molar-refractivity contribution < 1.29 is 19.1 Å². The molecule has 180 valence electrons. The molecule has 0 heterocycles. The molecule has 0 saturated heterocycles. The Kier molecular flexibility index (Phi) is 9.97. The zero-order valence-electron chi connectivity index (χ0n) is 21.7. The fourth-order valence-corrected chi connectivity index (χ4v) is 4.84. The van der Waals surface area contributed by atoms with E-state index in [9.17, 15) is 14.4 Å². The highest BCUT2D eigenvalue weighted by atomic mass is 16.6. The number of esters is 1. The molecule has 0 aromatic carbocycles. The van der Waals surface area contributed by atoms with Crippen LogP contribution in [0.1, 0.15) is 120 Å². The van der Waals surface area contributed by atoms with Gasteiger partial charge in [0.15, 0.2) is 0 Å². The SMILES string of the molecule is CCC(C)(CC)OC(=O)C1CC(C(=O)C(C)(CC)CC)CC(C(=O)C(C)(CC)CC)C1. The lowest BCUT2D eigenvalue weighted by atomic mass is 9.63. The summed E-state index contributed by atoms with van der Waals surface area (Å²) in [5.41, 5.74) is -1.29. The lowest BCUT2D eigenvalue weighted by molar-refractivity contribution is -0.167. The predicted octanol–water partition coefficient (Wildman–Crippen LogP) is 6.93. The van der Waals surface area contributed by atoms with Crippen LogP contribution >= 0.6 is 0 Å². The normalized spacial score (nSPS) is 22.8. The van der Waals surface area contributed by atoms with Crippen LogP contribution in [-0.4, -0.2) is 23.1 Å². The molecule has 0 amide bonds. The number of carbonyl (C=O) groups is 3. The summed E-state index contributed by atoms with van der Waals surface area (Å²) in [4.78, 5) is 40.3. The van der Waals surface area contributed by atoms with Crippen LogP contribution in [0.2, 0.25) is 0 Å². The molecule has 0 bridgehead atoms. The summed E-state index contributed by atoms with van der Waals surface area (Å²) in [6.45, 7) is 18.3. The standard InChI is InChI=1S/C27H48O4/c1-10-25(7,11-2)22(28)19-16-20(23(29)26(8,12-3)13-4)18-21(17-19)24(30)31-27(9,14-5)15-6/h19-21H,10-18H2,1-9H3. The Balaban J connectivity index is 3.26. The molecule has 2 unspecified atom stereocenters. The van der Waals surface area contributed by atoms with E-state index in [0.29, 0.717) is 19.3 Å². The van der Waals surface area contributed by atoms with E-state index in [1.807, 2.05) is 34.6 Å². The van der Waals surface area contributed by atoms with E-state index in [2.05, 4.69) is 27.7 Å². The minimum Gasteiger partial charge on any atom is -0.459 e. The summed E-state index contributed by atoms with van der Waals surface area (Å²) in [7, 11) is 0. The Labute approximate surface area is 191 Å². The van der Waals surface area contributed by atoms with Gasteiger partial charge in [0.1, 0.15) is 17.2 Å². The fraction of sp³-hybridized carbons (Fsp3) is 0.889. The molecule has 1 rings (SSSR count). The van der Waals surface area contributed by atoms with Gasteiger partial charge in [-0.3, -0.25) is 14.4 Å². The van der Waals surface area contributed by atoms with Crippen molar-refractivity contribution in [1.29, 1.82) is 0 Å². The van der Waals surface area contributed by atoms with Gasteiger partial charge in [0, 0.05) is 22.7 Å². The molecular formula is C27H48O4. The Bertz CT molecular complexity index is 585. The first-order valence-corrected chi connectivity index (χ1v) is 12.7. The van der Waals surface area contributed by atoms with Gasteiger partial charge in [-0.2, -0.15) is 0 Å². The summed E-state index contributed by atoms with van der Waals surface area (Å²) < 4.78 is 5.95. The number of ether oxygens (including phenoxy) is 1. The second-order valence-electron chi connectivity index (χ2n) is 10.6. The van der Waals surface area contributed by atoms with Crippen LogP contribution in [0.3, 0.4) is 0 Å². The van der Waals surface area contributed by atoms with Crippen LogP contribution in [-0.2, 0) is 19.1 Å². The van der Waals surface area contributed by atoms with E-state index in [4.69, 9.17) is 4.74 Å². The molecule has 1 fully saturated rings. The highest BCUT2D eigenvalue weighted by Crippen LogP contribution is 2.44. The van der Waals surface area contributed by atoms with Crippen molar-refractivity contribution in [3.05, 3.63) is 0 Å². The minimum absolute atomic E-state index is 0.219. The van der Waals surface area contributed by atoms with Gasteiger partial charge in [-0.05, 0) is 64.7 Å². The Morgan fingerprint density at radius 3 is 1.23 bits per heavy atom. The van der Waals surface area contributed by atoms with Gasteiger partial charge >= 0.3 is 5.97 Å². The third-order valence-corrected chi connectivity index (χ3v) is 8.94. The Hall–Kier alpha value is -1.19. The average molecular weight is 437 g/mol. The third kappa shape index (κ3) is 6.20. The molecule has 1 aliphatic carbocycles. The zero-order valence-corrected chi connectivity index (χ0v) is 21.7. The molecule has 4 heteroatoms. The van der Waals surface area contributed by atoms with Crippen molar-refractivity contribution in [3.63, 3.8) is 0 Å². The fourth-order valence-electron chi connectivity index (χ4n) is 4.84. The molecule has 0 aromatic rings. The third-order valence-electron chi connectivity index (χ3n) is 8.94. The van der Waals surface area contributed by atoms with E-state index >= 15 is 0 Å². The first kappa shape index (κ1) is 27.8. The van der Waals surface area contributed by atoms with E-state index in [1.165, 1.54) is 0 Å². The van der Waals surface area contributed by atoms with Crippen LogP contribution in [0, 0.1) is 28.6 Å². The van der Waals surface area contributed by atoms with E-state index in [1.54, 1.807) is 0 Å². The van der Waals surface area contributed by atoms with Gasteiger partial charge in [-0.1, -0.05) is 55.4 Å². The predicted molar refractivity (Wildman–Crippen MR) is 127 cm³/mol. The molecular weight excluding hydrogens is 388 g/mol. The van der Waals surface area contributed by atoms with Crippen molar-refractivity contribution >= 4 is 17.5 Å². The van der Waals surface area contributed by atoms with Gasteiger partial charge < -0.3 is 4.74 Å². The van der Waals surface area contributed by atoms with Gasteiger partial charge in [0.25, 0.3) is 0 Å². The molecule has 1 aliphatic rings. The van der Waals surface area contributed by atoms with Crippen LogP contribution in [0.5, 0.6) is 0 Å². The maximum Gasteiger partial charge on any atom is 0.309 e. The minimum atomic E-state index is -0.490. The van der Waals surface area contributed by atoms with Gasteiger partial charge in [-0.25, -0.2) is 0 Å². The molecule has 0 radical (unpaired) electrons. The van der Waals surface area contributed by atoms with E-state index in [-0.39, 0.29) is 35.3 Å². The van der Waals surface area contributed by atoms with Gasteiger partial charge in [-0.15, -0.1) is 0 Å². The number of hydrogen-bond acceptors (Lipinski definition) is 4. The summed E-state index contributed by atoms with van der Waals surface area (Å²) in [5.74, 6) is -0.682. The molecule has 2 atom stereocenters.